The predicted octanol–water partition coefficient (Wildman–Crippen LogP) is -0.509. The molecule has 1 aliphatic rings. The molecule has 0 aliphatic carbocycles. The third kappa shape index (κ3) is 2.95. The Hall–Kier alpha value is -1.09. The Balaban J connectivity index is 2.68. The summed E-state index contributed by atoms with van der Waals surface area (Å²) in [5, 5.41) is 23.8. The van der Waals surface area contributed by atoms with Crippen molar-refractivity contribution >= 4 is 29.1 Å². The topological polar surface area (TPSA) is 105 Å². The number of carbonyl (C=O) groups is 2. The van der Waals surface area contributed by atoms with Gasteiger partial charge in [0.25, 0.3) is 0 Å². The van der Waals surface area contributed by atoms with E-state index in [9.17, 15) is 14.8 Å². The maximum atomic E-state index is 11.4. The minimum atomic E-state index is -1.000. The van der Waals surface area contributed by atoms with Gasteiger partial charge in [0.15, 0.2) is 5.11 Å². The van der Waals surface area contributed by atoms with Crippen LogP contribution >= 0.6 is 12.2 Å². The predicted molar refractivity (Wildman–Crippen MR) is 58.1 cm³/mol. The second kappa shape index (κ2) is 5.30. The zero-order valence-electron chi connectivity index (χ0n) is 8.60. The van der Waals surface area contributed by atoms with Crippen LogP contribution in [0.25, 0.3) is 0 Å². The van der Waals surface area contributed by atoms with Gasteiger partial charge in [-0.05, 0) is 25.1 Å². The number of hydroxylamine groups is 2. The van der Waals surface area contributed by atoms with Gasteiger partial charge < -0.3 is 21.0 Å². The van der Waals surface area contributed by atoms with Crippen LogP contribution in [0.5, 0.6) is 0 Å². The van der Waals surface area contributed by atoms with E-state index in [1.54, 1.807) is 6.92 Å². The number of amides is 2. The van der Waals surface area contributed by atoms with Gasteiger partial charge in [0.1, 0.15) is 5.92 Å². The molecule has 0 radical (unpaired) electrons. The van der Waals surface area contributed by atoms with Gasteiger partial charge in [0, 0.05) is 6.04 Å². The highest BCUT2D eigenvalue weighted by Gasteiger charge is 2.34. The lowest BCUT2D eigenvalue weighted by Crippen LogP contribution is -2.56. The fraction of sp³-hybridized carbons (Fsp3) is 0.625. The molecule has 1 atom stereocenters. The highest BCUT2D eigenvalue weighted by Crippen LogP contribution is 2.15. The number of nitrogens with zero attached hydrogens (tertiary/aromatic N) is 1. The summed E-state index contributed by atoms with van der Waals surface area (Å²) < 4.78 is 0. The molecule has 7 nitrogen and oxygen atoms in total. The zero-order valence-corrected chi connectivity index (χ0v) is 9.41. The standard InChI is InChI=1S/C8H12N3O4S/c1-2-4(11(14)15)3-5-6(12)9-8(16)10-7(5)13/h4-5,14H,2-3H2,1H3,(H2,9,10,12,13,16)/q-1. The van der Waals surface area contributed by atoms with Crippen LogP contribution in [0.2, 0.25) is 0 Å². The van der Waals surface area contributed by atoms with Gasteiger partial charge in [-0.2, -0.15) is 0 Å². The van der Waals surface area contributed by atoms with Crippen LogP contribution in [0.3, 0.4) is 0 Å². The molecule has 3 N–H and O–H groups in total. The molecule has 0 aromatic carbocycles. The Morgan fingerprint density at radius 1 is 1.50 bits per heavy atom. The molecule has 16 heavy (non-hydrogen) atoms. The van der Waals surface area contributed by atoms with Gasteiger partial charge in [-0.15, -0.1) is 0 Å². The van der Waals surface area contributed by atoms with Gasteiger partial charge in [0.2, 0.25) is 11.8 Å². The van der Waals surface area contributed by atoms with E-state index in [0.29, 0.717) is 6.42 Å². The monoisotopic (exact) mass is 246 g/mol. The van der Waals surface area contributed by atoms with Gasteiger partial charge in [0.05, 0.1) is 0 Å². The van der Waals surface area contributed by atoms with Gasteiger partial charge >= 0.3 is 0 Å². The Bertz CT molecular complexity index is 300. The maximum absolute atomic E-state index is 11.4. The molecule has 2 amide bonds. The van der Waals surface area contributed by atoms with E-state index in [0.717, 1.165) is 0 Å². The lowest BCUT2D eigenvalue weighted by molar-refractivity contribution is -0.138. The van der Waals surface area contributed by atoms with Crippen molar-refractivity contribution in [2.45, 2.75) is 25.8 Å². The van der Waals surface area contributed by atoms with Crippen molar-refractivity contribution in [1.29, 1.82) is 0 Å². The lowest BCUT2D eigenvalue weighted by atomic mass is 9.96. The van der Waals surface area contributed by atoms with E-state index in [1.165, 1.54) is 0 Å². The molecule has 8 heteroatoms. The Morgan fingerprint density at radius 3 is 2.38 bits per heavy atom. The highest BCUT2D eigenvalue weighted by atomic mass is 32.1. The molecular formula is C8H12N3O4S-. The number of hydrogen-bond acceptors (Lipinski definition) is 6. The summed E-state index contributed by atoms with van der Waals surface area (Å²) in [6, 6.07) is -0.784. The van der Waals surface area contributed by atoms with Crippen molar-refractivity contribution < 1.29 is 14.8 Å². The zero-order chi connectivity index (χ0) is 12.3. The van der Waals surface area contributed by atoms with Crippen molar-refractivity contribution in [3.63, 3.8) is 0 Å². The third-order valence-corrected chi connectivity index (χ3v) is 2.60. The molecule has 0 aromatic heterocycles. The molecule has 1 aliphatic heterocycles. The molecule has 1 unspecified atom stereocenters. The summed E-state index contributed by atoms with van der Waals surface area (Å²) in [4.78, 5) is 22.9. The first-order chi connectivity index (χ1) is 7.45. The van der Waals surface area contributed by atoms with E-state index in [-0.39, 0.29) is 16.8 Å². The molecule has 1 heterocycles. The number of carbonyl (C=O) groups excluding carboxylic acids is 2. The van der Waals surface area contributed by atoms with Crippen LogP contribution in [0.15, 0.2) is 0 Å². The Kier molecular flexibility index (Phi) is 4.30. The molecule has 0 bridgehead atoms. The van der Waals surface area contributed by atoms with E-state index < -0.39 is 23.8 Å². The summed E-state index contributed by atoms with van der Waals surface area (Å²) in [5.74, 6) is -2.09. The van der Waals surface area contributed by atoms with E-state index >= 15 is 0 Å². The number of thiocarbonyl (C=S) groups is 1. The molecule has 0 saturated carbocycles. The second-order valence-electron chi connectivity index (χ2n) is 3.46. The van der Waals surface area contributed by atoms with Crippen molar-refractivity contribution in [2.24, 2.45) is 5.92 Å². The molecule has 1 rings (SSSR count). The fourth-order valence-corrected chi connectivity index (χ4v) is 1.65. The average molecular weight is 246 g/mol. The van der Waals surface area contributed by atoms with Crippen molar-refractivity contribution in [2.75, 3.05) is 0 Å². The first-order valence-corrected chi connectivity index (χ1v) is 5.17. The van der Waals surface area contributed by atoms with Gasteiger partial charge in [-0.1, -0.05) is 6.92 Å². The van der Waals surface area contributed by atoms with Crippen LogP contribution < -0.4 is 10.6 Å². The van der Waals surface area contributed by atoms with Crippen LogP contribution in [0.4, 0.5) is 0 Å². The Morgan fingerprint density at radius 2 is 2.00 bits per heavy atom. The first-order valence-electron chi connectivity index (χ1n) is 4.76. The fourth-order valence-electron chi connectivity index (χ4n) is 1.45. The quantitative estimate of drug-likeness (QED) is 0.350. The van der Waals surface area contributed by atoms with Crippen molar-refractivity contribution in [1.82, 2.24) is 15.9 Å². The third-order valence-electron chi connectivity index (χ3n) is 2.40. The van der Waals surface area contributed by atoms with Crippen molar-refractivity contribution in [3.8, 4) is 0 Å². The van der Waals surface area contributed by atoms with E-state index in [2.05, 4.69) is 22.9 Å². The molecule has 1 saturated heterocycles. The number of nitrogens with one attached hydrogen (secondary N) is 2. The summed E-state index contributed by atoms with van der Waals surface area (Å²) in [7, 11) is 0. The first kappa shape index (κ1) is 13.0. The van der Waals surface area contributed by atoms with Crippen LogP contribution in [0, 0.1) is 11.1 Å². The molecule has 0 aromatic rings. The van der Waals surface area contributed by atoms with Crippen LogP contribution in [-0.2, 0) is 9.59 Å². The summed E-state index contributed by atoms with van der Waals surface area (Å²) in [6.45, 7) is 1.68. The minimum absolute atomic E-state index is 0.0396. The van der Waals surface area contributed by atoms with Crippen LogP contribution in [0.1, 0.15) is 19.8 Å². The van der Waals surface area contributed by atoms with Crippen molar-refractivity contribution in [3.05, 3.63) is 5.21 Å². The summed E-state index contributed by atoms with van der Waals surface area (Å²) >= 11 is 4.62. The number of rotatable bonds is 4. The lowest BCUT2D eigenvalue weighted by Gasteiger charge is -2.33. The maximum Gasteiger partial charge on any atom is 0.238 e. The molecule has 1 fully saturated rings. The van der Waals surface area contributed by atoms with Crippen LogP contribution in [-0.4, -0.2) is 33.4 Å². The molecular weight excluding hydrogens is 234 g/mol. The highest BCUT2D eigenvalue weighted by molar-refractivity contribution is 7.80. The second-order valence-corrected chi connectivity index (χ2v) is 3.87. The number of hydrogen-bond donors (Lipinski definition) is 3. The molecule has 0 spiro atoms. The SMILES string of the molecule is CCC(CC1C(=O)NC(=S)NC1=O)N([O-])O. The van der Waals surface area contributed by atoms with E-state index in [4.69, 9.17) is 5.21 Å². The average Bonchev–Trinajstić information content (AvgIpc) is 2.15. The molecule has 90 valence electrons. The normalized spacial score (nSPS) is 19.6. The Labute approximate surface area is 97.3 Å². The van der Waals surface area contributed by atoms with E-state index in [1.807, 2.05) is 0 Å². The summed E-state index contributed by atoms with van der Waals surface area (Å²) in [6.07, 6.45) is 0.290. The smallest absolute Gasteiger partial charge is 0.238 e. The summed E-state index contributed by atoms with van der Waals surface area (Å²) in [5.41, 5.74) is 0. The van der Waals surface area contributed by atoms with Gasteiger partial charge in [-0.3, -0.25) is 14.8 Å². The largest absolute Gasteiger partial charge is 0.762 e. The minimum Gasteiger partial charge on any atom is -0.762 e. The van der Waals surface area contributed by atoms with Gasteiger partial charge in [-0.25, -0.2) is 0 Å².